The summed E-state index contributed by atoms with van der Waals surface area (Å²) in [7, 11) is 0. The van der Waals surface area contributed by atoms with Gasteiger partial charge in [0.25, 0.3) is 5.91 Å². The summed E-state index contributed by atoms with van der Waals surface area (Å²) in [5.41, 5.74) is 2.21. The van der Waals surface area contributed by atoms with Crippen molar-refractivity contribution in [2.24, 2.45) is 5.92 Å². The number of amides is 2. The van der Waals surface area contributed by atoms with Crippen LogP contribution in [0.3, 0.4) is 0 Å². The van der Waals surface area contributed by atoms with Crippen molar-refractivity contribution in [3.8, 4) is 5.88 Å². The summed E-state index contributed by atoms with van der Waals surface area (Å²) in [5.74, 6) is 1.52. The predicted molar refractivity (Wildman–Crippen MR) is 113 cm³/mol. The Morgan fingerprint density at radius 2 is 2.03 bits per heavy atom. The number of rotatable bonds is 7. The van der Waals surface area contributed by atoms with Crippen LogP contribution in [0, 0.1) is 12.8 Å². The fourth-order valence-electron chi connectivity index (χ4n) is 3.54. The molecule has 2 aliphatic rings. The van der Waals surface area contributed by atoms with E-state index in [1.807, 2.05) is 18.0 Å². The number of benzene rings is 1. The maximum absolute atomic E-state index is 12.8. The van der Waals surface area contributed by atoms with Crippen LogP contribution in [-0.4, -0.2) is 45.9 Å². The van der Waals surface area contributed by atoms with Crippen molar-refractivity contribution < 1.29 is 14.3 Å². The molecule has 1 aromatic heterocycles. The fourth-order valence-corrected chi connectivity index (χ4v) is 3.54. The van der Waals surface area contributed by atoms with Crippen LogP contribution in [0.25, 0.3) is 0 Å². The van der Waals surface area contributed by atoms with Crippen LogP contribution in [0.15, 0.2) is 43.1 Å². The van der Waals surface area contributed by atoms with Crippen molar-refractivity contribution in [3.05, 3.63) is 60.1 Å². The van der Waals surface area contributed by atoms with Crippen molar-refractivity contribution in [3.63, 3.8) is 0 Å². The number of hydrogen-bond acceptors (Lipinski definition) is 5. The lowest BCUT2D eigenvalue weighted by atomic mass is 10.0. The van der Waals surface area contributed by atoms with Gasteiger partial charge in [-0.1, -0.05) is 6.58 Å². The van der Waals surface area contributed by atoms with E-state index >= 15 is 0 Å². The molecule has 1 aliphatic heterocycles. The maximum atomic E-state index is 12.8. The Labute approximate surface area is 176 Å². The van der Waals surface area contributed by atoms with Gasteiger partial charge in [0, 0.05) is 42.5 Å². The highest BCUT2D eigenvalue weighted by Crippen LogP contribution is 2.28. The number of nitrogens with one attached hydrogen (secondary N) is 1. The second-order valence-corrected chi connectivity index (χ2v) is 7.97. The molecule has 7 nitrogen and oxygen atoms in total. The van der Waals surface area contributed by atoms with E-state index in [4.69, 9.17) is 4.74 Å². The lowest BCUT2D eigenvalue weighted by molar-refractivity contribution is -0.111. The first-order chi connectivity index (χ1) is 14.5. The molecule has 2 fully saturated rings. The number of hydrogen-bond donors (Lipinski definition) is 1. The number of carbonyl (C=O) groups is 2. The van der Waals surface area contributed by atoms with Gasteiger partial charge in [0.1, 0.15) is 11.9 Å². The first-order valence-corrected chi connectivity index (χ1v) is 10.3. The molecule has 2 aromatic rings. The molecular weight excluding hydrogens is 380 g/mol. The van der Waals surface area contributed by atoms with Crippen LogP contribution in [0.1, 0.15) is 41.0 Å². The zero-order chi connectivity index (χ0) is 21.1. The molecule has 1 N–H and O–H groups in total. The second kappa shape index (κ2) is 8.65. The minimum absolute atomic E-state index is 0.00155. The number of carbonyl (C=O) groups excluding carboxylic acids is 2. The molecule has 0 radical (unpaired) electrons. The monoisotopic (exact) mass is 406 g/mol. The summed E-state index contributed by atoms with van der Waals surface area (Å²) in [6.07, 6.45) is 7.20. The summed E-state index contributed by atoms with van der Waals surface area (Å²) < 4.78 is 5.87. The number of likely N-dealkylation sites (tertiary alicyclic amines) is 1. The van der Waals surface area contributed by atoms with E-state index in [1.165, 1.54) is 6.08 Å². The third-order valence-electron chi connectivity index (χ3n) is 5.41. The van der Waals surface area contributed by atoms with Gasteiger partial charge in [-0.05, 0) is 62.4 Å². The van der Waals surface area contributed by atoms with Crippen LogP contribution in [-0.2, 0) is 11.2 Å². The number of anilines is 1. The molecule has 0 bridgehead atoms. The molecular formula is C23H26N4O3. The van der Waals surface area contributed by atoms with Crippen molar-refractivity contribution in [2.45, 2.75) is 38.7 Å². The van der Waals surface area contributed by atoms with Gasteiger partial charge in [0.2, 0.25) is 11.8 Å². The van der Waals surface area contributed by atoms with Crippen LogP contribution < -0.4 is 10.1 Å². The van der Waals surface area contributed by atoms with E-state index in [-0.39, 0.29) is 11.8 Å². The average molecular weight is 406 g/mol. The Balaban J connectivity index is 1.34. The van der Waals surface area contributed by atoms with Gasteiger partial charge in [-0.3, -0.25) is 9.59 Å². The van der Waals surface area contributed by atoms with Crippen LogP contribution in [0.2, 0.25) is 0 Å². The number of aromatic nitrogens is 2. The van der Waals surface area contributed by atoms with Gasteiger partial charge < -0.3 is 15.0 Å². The lowest BCUT2D eigenvalue weighted by Crippen LogP contribution is -2.29. The molecule has 4 rings (SSSR count). The van der Waals surface area contributed by atoms with Gasteiger partial charge in [-0.2, -0.15) is 4.98 Å². The molecule has 0 unspecified atom stereocenters. The Morgan fingerprint density at radius 3 is 2.73 bits per heavy atom. The van der Waals surface area contributed by atoms with Crippen molar-refractivity contribution >= 4 is 17.5 Å². The zero-order valence-electron chi connectivity index (χ0n) is 17.1. The Morgan fingerprint density at radius 1 is 1.27 bits per heavy atom. The molecule has 156 valence electrons. The highest BCUT2D eigenvalue weighted by molar-refractivity contribution is 5.99. The lowest BCUT2D eigenvalue weighted by Gasteiger charge is -2.17. The molecule has 1 aromatic carbocycles. The van der Waals surface area contributed by atoms with E-state index in [2.05, 4.69) is 21.9 Å². The first kappa shape index (κ1) is 20.1. The third kappa shape index (κ3) is 4.84. The van der Waals surface area contributed by atoms with Crippen LogP contribution >= 0.6 is 0 Å². The van der Waals surface area contributed by atoms with E-state index in [0.29, 0.717) is 35.7 Å². The van der Waals surface area contributed by atoms with Crippen LogP contribution in [0.4, 0.5) is 5.69 Å². The van der Waals surface area contributed by atoms with E-state index in [0.717, 1.165) is 43.6 Å². The second-order valence-electron chi connectivity index (χ2n) is 7.97. The third-order valence-corrected chi connectivity index (χ3v) is 5.41. The maximum Gasteiger partial charge on any atom is 0.253 e. The summed E-state index contributed by atoms with van der Waals surface area (Å²) in [6.45, 7) is 6.79. The van der Waals surface area contributed by atoms with E-state index in [1.54, 1.807) is 24.3 Å². The largest absolute Gasteiger partial charge is 0.474 e. The minimum Gasteiger partial charge on any atom is -0.474 e. The van der Waals surface area contributed by atoms with Gasteiger partial charge in [-0.25, -0.2) is 4.98 Å². The molecule has 0 spiro atoms. The molecule has 2 amide bonds. The van der Waals surface area contributed by atoms with Crippen molar-refractivity contribution in [1.82, 2.24) is 14.9 Å². The minimum atomic E-state index is -0.277. The topological polar surface area (TPSA) is 84.4 Å². The van der Waals surface area contributed by atoms with Crippen molar-refractivity contribution in [2.75, 3.05) is 18.4 Å². The smallest absolute Gasteiger partial charge is 0.253 e. The summed E-state index contributed by atoms with van der Waals surface area (Å²) in [4.78, 5) is 35.1. The van der Waals surface area contributed by atoms with Crippen LogP contribution in [0.5, 0.6) is 5.88 Å². The zero-order valence-corrected chi connectivity index (χ0v) is 17.1. The Hall–Kier alpha value is -3.22. The van der Waals surface area contributed by atoms with Gasteiger partial charge in [0.15, 0.2) is 0 Å². The summed E-state index contributed by atoms with van der Waals surface area (Å²) >= 11 is 0. The SMILES string of the molecule is C=CC(=O)Nc1ccc(C(=O)N2CC[C@@H](Cc3ncc(C)c(OC4CC4)n3)C2)cc1. The molecule has 1 saturated carbocycles. The highest BCUT2D eigenvalue weighted by atomic mass is 16.5. The van der Waals surface area contributed by atoms with E-state index < -0.39 is 0 Å². The molecule has 2 heterocycles. The number of nitrogens with zero attached hydrogens (tertiary/aromatic N) is 3. The van der Waals surface area contributed by atoms with E-state index in [9.17, 15) is 9.59 Å². The van der Waals surface area contributed by atoms with Gasteiger partial charge in [0.05, 0.1) is 0 Å². The Kier molecular flexibility index (Phi) is 5.79. The summed E-state index contributed by atoms with van der Waals surface area (Å²) in [6, 6.07) is 6.92. The number of ether oxygens (including phenoxy) is 1. The summed E-state index contributed by atoms with van der Waals surface area (Å²) in [5, 5.41) is 2.68. The fraction of sp³-hybridized carbons (Fsp3) is 0.391. The predicted octanol–water partition coefficient (Wildman–Crippen LogP) is 3.16. The molecule has 1 saturated heterocycles. The highest BCUT2D eigenvalue weighted by Gasteiger charge is 2.29. The molecule has 1 aliphatic carbocycles. The van der Waals surface area contributed by atoms with Gasteiger partial charge in [-0.15, -0.1) is 0 Å². The molecule has 7 heteroatoms. The number of aryl methyl sites for hydroxylation is 1. The molecule has 30 heavy (non-hydrogen) atoms. The van der Waals surface area contributed by atoms with Gasteiger partial charge >= 0.3 is 0 Å². The quantitative estimate of drug-likeness (QED) is 0.714. The first-order valence-electron chi connectivity index (χ1n) is 10.3. The average Bonchev–Trinajstić information content (AvgIpc) is 3.45. The van der Waals surface area contributed by atoms with Crippen molar-refractivity contribution in [1.29, 1.82) is 0 Å². The molecule has 1 atom stereocenters. The Bertz CT molecular complexity index is 953. The standard InChI is InChI=1S/C23H26N4O3/c1-3-21(28)25-18-6-4-17(5-7-18)23(29)27-11-10-16(14-27)12-20-24-13-15(2)22(26-20)30-19-8-9-19/h3-7,13,16,19H,1,8-12,14H2,2H3,(H,25,28)/t16-/m0/s1. The normalized spacial score (nSPS) is 18.2.